The molecule has 5 heterocycles. The minimum Gasteiger partial charge on any atom is -0.366 e. The SMILES string of the molecule is Cc1cc(Nc2nc(N[C@@H]3CC4CC[C@@H](C3)N4CCC#N)c3cc[nH]c3n2)n[nH]1. The summed E-state index contributed by atoms with van der Waals surface area (Å²) in [5.41, 5.74) is 1.78. The highest BCUT2D eigenvalue weighted by molar-refractivity contribution is 5.88. The van der Waals surface area contributed by atoms with Crippen molar-refractivity contribution >= 4 is 28.6 Å². The summed E-state index contributed by atoms with van der Waals surface area (Å²) < 4.78 is 0. The van der Waals surface area contributed by atoms with E-state index >= 15 is 0 Å². The normalized spacial score (nSPS) is 23.9. The number of anilines is 3. The Balaban J connectivity index is 1.35. The van der Waals surface area contributed by atoms with Crippen LogP contribution < -0.4 is 10.6 Å². The van der Waals surface area contributed by atoms with E-state index in [2.05, 4.69) is 41.8 Å². The van der Waals surface area contributed by atoms with E-state index in [0.717, 1.165) is 41.9 Å². The third kappa shape index (κ3) is 3.51. The van der Waals surface area contributed by atoms with Crippen molar-refractivity contribution in [1.29, 1.82) is 5.26 Å². The van der Waals surface area contributed by atoms with Gasteiger partial charge in [-0.15, -0.1) is 0 Å². The van der Waals surface area contributed by atoms with E-state index in [-0.39, 0.29) is 0 Å². The summed E-state index contributed by atoms with van der Waals surface area (Å²) >= 11 is 0. The predicted molar refractivity (Wildman–Crippen MR) is 111 cm³/mol. The van der Waals surface area contributed by atoms with Gasteiger partial charge in [0, 0.05) is 49.0 Å². The van der Waals surface area contributed by atoms with Crippen molar-refractivity contribution in [2.75, 3.05) is 17.2 Å². The van der Waals surface area contributed by atoms with Crippen molar-refractivity contribution in [3.63, 3.8) is 0 Å². The van der Waals surface area contributed by atoms with Crippen LogP contribution in [-0.2, 0) is 0 Å². The molecule has 0 saturated carbocycles. The number of nitriles is 1. The van der Waals surface area contributed by atoms with Crippen LogP contribution >= 0.6 is 0 Å². The van der Waals surface area contributed by atoms with Crippen molar-refractivity contribution < 1.29 is 0 Å². The molecule has 1 unspecified atom stereocenters. The lowest BCUT2D eigenvalue weighted by atomic mass is 9.97. The Morgan fingerprint density at radius 3 is 2.83 bits per heavy atom. The van der Waals surface area contributed by atoms with Crippen LogP contribution in [0.5, 0.6) is 0 Å². The molecular weight excluding hydrogens is 366 g/mol. The smallest absolute Gasteiger partial charge is 0.232 e. The average molecular weight is 391 g/mol. The van der Waals surface area contributed by atoms with Gasteiger partial charge in [-0.05, 0) is 38.7 Å². The number of nitrogens with zero attached hydrogens (tertiary/aromatic N) is 5. The Morgan fingerprint density at radius 1 is 1.28 bits per heavy atom. The topological polar surface area (TPSA) is 121 Å². The number of aryl methyl sites for hydroxylation is 1. The van der Waals surface area contributed by atoms with Crippen LogP contribution in [0.2, 0.25) is 0 Å². The number of hydrogen-bond donors (Lipinski definition) is 4. The van der Waals surface area contributed by atoms with E-state index in [0.29, 0.717) is 36.3 Å². The van der Waals surface area contributed by atoms with Gasteiger partial charge >= 0.3 is 0 Å². The molecule has 150 valence electrons. The Kier molecular flexibility index (Phi) is 4.56. The summed E-state index contributed by atoms with van der Waals surface area (Å²) in [4.78, 5) is 15.1. The maximum atomic E-state index is 8.93. The van der Waals surface area contributed by atoms with E-state index in [1.165, 1.54) is 12.8 Å². The molecule has 2 bridgehead atoms. The zero-order chi connectivity index (χ0) is 19.8. The van der Waals surface area contributed by atoms with E-state index in [1.807, 2.05) is 25.3 Å². The molecule has 2 aliphatic heterocycles. The Morgan fingerprint density at radius 2 is 2.10 bits per heavy atom. The second-order valence-electron chi connectivity index (χ2n) is 8.04. The van der Waals surface area contributed by atoms with Crippen molar-refractivity contribution in [2.24, 2.45) is 0 Å². The highest BCUT2D eigenvalue weighted by Crippen LogP contribution is 2.37. The third-order valence-corrected chi connectivity index (χ3v) is 6.07. The molecule has 29 heavy (non-hydrogen) atoms. The molecule has 9 nitrogen and oxygen atoms in total. The third-order valence-electron chi connectivity index (χ3n) is 6.07. The molecule has 9 heteroatoms. The summed E-state index contributed by atoms with van der Waals surface area (Å²) in [7, 11) is 0. The van der Waals surface area contributed by atoms with Gasteiger partial charge in [0.2, 0.25) is 5.95 Å². The minimum atomic E-state index is 0.374. The number of H-pyrrole nitrogens is 2. The van der Waals surface area contributed by atoms with Crippen molar-refractivity contribution in [3.05, 3.63) is 24.0 Å². The lowest BCUT2D eigenvalue weighted by Gasteiger charge is -2.39. The second kappa shape index (κ2) is 7.37. The zero-order valence-corrected chi connectivity index (χ0v) is 16.4. The van der Waals surface area contributed by atoms with Gasteiger partial charge in [-0.1, -0.05) is 0 Å². The Labute approximate surface area is 168 Å². The quantitative estimate of drug-likeness (QED) is 0.509. The largest absolute Gasteiger partial charge is 0.366 e. The van der Waals surface area contributed by atoms with E-state index in [1.54, 1.807) is 0 Å². The van der Waals surface area contributed by atoms with Crippen molar-refractivity contribution in [1.82, 2.24) is 30.0 Å². The number of hydrogen-bond acceptors (Lipinski definition) is 7. The first-order valence-electron chi connectivity index (χ1n) is 10.2. The van der Waals surface area contributed by atoms with E-state index in [9.17, 15) is 0 Å². The molecule has 0 aromatic carbocycles. The minimum absolute atomic E-state index is 0.374. The first-order chi connectivity index (χ1) is 14.2. The monoisotopic (exact) mass is 391 g/mol. The molecular formula is C20H25N9. The summed E-state index contributed by atoms with van der Waals surface area (Å²) in [6.45, 7) is 2.85. The number of fused-ring (bicyclic) bond motifs is 3. The molecule has 0 aliphatic carbocycles. The van der Waals surface area contributed by atoms with Crippen LogP contribution in [0.25, 0.3) is 11.0 Å². The van der Waals surface area contributed by atoms with Gasteiger partial charge in [-0.25, -0.2) is 0 Å². The zero-order valence-electron chi connectivity index (χ0n) is 16.4. The van der Waals surface area contributed by atoms with Gasteiger partial charge in [0.05, 0.1) is 11.5 Å². The fourth-order valence-corrected chi connectivity index (χ4v) is 4.83. The van der Waals surface area contributed by atoms with Crippen molar-refractivity contribution in [2.45, 2.75) is 57.2 Å². The van der Waals surface area contributed by atoms with E-state index in [4.69, 9.17) is 10.2 Å². The van der Waals surface area contributed by atoms with Crippen LogP contribution in [-0.4, -0.2) is 54.7 Å². The molecule has 0 amide bonds. The average Bonchev–Trinajstić information content (AvgIpc) is 3.39. The first-order valence-corrected chi connectivity index (χ1v) is 10.2. The van der Waals surface area contributed by atoms with Gasteiger partial charge < -0.3 is 15.6 Å². The molecule has 4 N–H and O–H groups in total. The first kappa shape index (κ1) is 17.9. The predicted octanol–water partition coefficient (Wildman–Crippen LogP) is 3.05. The Bertz CT molecular complexity index is 1030. The van der Waals surface area contributed by atoms with Gasteiger partial charge in [-0.2, -0.15) is 20.3 Å². The van der Waals surface area contributed by atoms with Crippen LogP contribution in [0.4, 0.5) is 17.6 Å². The fourth-order valence-electron chi connectivity index (χ4n) is 4.83. The van der Waals surface area contributed by atoms with Gasteiger partial charge in [0.15, 0.2) is 5.82 Å². The second-order valence-corrected chi connectivity index (χ2v) is 8.04. The fraction of sp³-hybridized carbons (Fsp3) is 0.500. The molecule has 0 radical (unpaired) electrons. The maximum Gasteiger partial charge on any atom is 0.232 e. The number of nitrogens with one attached hydrogen (secondary N) is 4. The lowest BCUT2D eigenvalue weighted by molar-refractivity contribution is 0.136. The maximum absolute atomic E-state index is 8.93. The van der Waals surface area contributed by atoms with Gasteiger partial charge in [-0.3, -0.25) is 10.00 Å². The summed E-state index contributed by atoms with van der Waals surface area (Å²) in [6, 6.07) is 7.72. The lowest BCUT2D eigenvalue weighted by Crippen LogP contribution is -2.47. The molecule has 3 aromatic rings. The molecule has 2 aliphatic rings. The molecule has 3 atom stereocenters. The van der Waals surface area contributed by atoms with Gasteiger partial charge in [0.1, 0.15) is 11.5 Å². The number of rotatable bonds is 6. The molecule has 0 spiro atoms. The molecule has 2 saturated heterocycles. The summed E-state index contributed by atoms with van der Waals surface area (Å²) in [5.74, 6) is 2.06. The molecule has 2 fully saturated rings. The highest BCUT2D eigenvalue weighted by atomic mass is 15.3. The van der Waals surface area contributed by atoms with Crippen LogP contribution in [0.3, 0.4) is 0 Å². The van der Waals surface area contributed by atoms with Gasteiger partial charge in [0.25, 0.3) is 0 Å². The van der Waals surface area contributed by atoms with Crippen LogP contribution in [0.15, 0.2) is 18.3 Å². The summed E-state index contributed by atoms with van der Waals surface area (Å²) in [6.07, 6.45) is 7.12. The van der Waals surface area contributed by atoms with E-state index < -0.39 is 0 Å². The molecule has 5 rings (SSSR count). The number of aromatic nitrogens is 5. The number of piperidine rings is 1. The number of aromatic amines is 2. The van der Waals surface area contributed by atoms with Crippen LogP contribution in [0.1, 0.15) is 37.8 Å². The standard InChI is InChI=1S/C20H25N9/c1-12-9-17(28-27-12)24-20-25-18-16(5-7-22-18)19(26-20)23-13-10-14-3-4-15(11-13)29(14)8-2-6-21/h5,7,9,13-15H,2-4,8,10-11H2,1H3,(H4,22,23,24,25,26,27,28)/t13-,14-,15?/m0/s1. The van der Waals surface area contributed by atoms with Crippen LogP contribution in [0, 0.1) is 18.3 Å². The Hall–Kier alpha value is -3.12. The van der Waals surface area contributed by atoms with Crippen molar-refractivity contribution in [3.8, 4) is 6.07 Å². The highest BCUT2D eigenvalue weighted by Gasteiger charge is 2.40. The summed E-state index contributed by atoms with van der Waals surface area (Å²) in [5, 5.41) is 23.9. The molecule has 3 aromatic heterocycles.